The number of rotatable bonds is 9. The number of carboxylic acid groups (broad SMARTS) is 1. The van der Waals surface area contributed by atoms with Crippen molar-refractivity contribution >= 4 is 62.2 Å². The SMILES string of the molecule is CC1C(NC(=O)C(c2csc(NC=O)n2)=c2c(O)c(O)cc3c2=NC(CON)=C(C(=O)O)N3)C(=O)N1S(=O)(=O)O. The predicted molar refractivity (Wildman–Crippen MR) is 133 cm³/mol. The van der Waals surface area contributed by atoms with Crippen molar-refractivity contribution in [3.8, 4) is 11.5 Å². The summed E-state index contributed by atoms with van der Waals surface area (Å²) in [4.78, 5) is 61.4. The molecule has 9 N–H and O–H groups in total. The number of aliphatic carboxylic acids is 1. The first-order chi connectivity index (χ1) is 18.8. The van der Waals surface area contributed by atoms with Crippen molar-refractivity contribution in [2.75, 3.05) is 17.2 Å². The third-order valence-corrected chi connectivity index (χ3v) is 7.55. The smallest absolute Gasteiger partial charge is 0.362 e. The maximum atomic E-state index is 13.6. The van der Waals surface area contributed by atoms with Gasteiger partial charge in [-0.25, -0.2) is 25.0 Å². The van der Waals surface area contributed by atoms with Crippen LogP contribution in [0, 0.1) is 0 Å². The quantitative estimate of drug-likeness (QED) is 0.0359. The fraction of sp³-hybridized carbons (Fsp3) is 0.200. The van der Waals surface area contributed by atoms with E-state index in [2.05, 4.69) is 30.8 Å². The molecule has 40 heavy (non-hydrogen) atoms. The number of amides is 3. The van der Waals surface area contributed by atoms with Gasteiger partial charge in [0, 0.05) is 11.4 Å². The van der Waals surface area contributed by atoms with Crippen molar-refractivity contribution in [3.05, 3.63) is 39.1 Å². The summed E-state index contributed by atoms with van der Waals surface area (Å²) in [6.45, 7) is 0.708. The van der Waals surface area contributed by atoms with Gasteiger partial charge < -0.3 is 31.3 Å². The molecular weight excluding hydrogens is 578 g/mol. The molecule has 1 aromatic heterocycles. The Bertz CT molecular complexity index is 1720. The molecular formula is C20H19N7O11S2. The van der Waals surface area contributed by atoms with Crippen LogP contribution in [-0.4, -0.2) is 80.5 Å². The van der Waals surface area contributed by atoms with Crippen LogP contribution in [0.3, 0.4) is 0 Å². The van der Waals surface area contributed by atoms with Crippen LogP contribution >= 0.6 is 11.3 Å². The van der Waals surface area contributed by atoms with Crippen LogP contribution in [0.2, 0.25) is 0 Å². The van der Waals surface area contributed by atoms with E-state index in [1.807, 2.05) is 0 Å². The minimum atomic E-state index is -4.91. The zero-order valence-corrected chi connectivity index (χ0v) is 21.6. The average Bonchev–Trinajstić information content (AvgIpc) is 3.32. The Morgan fingerprint density at radius 2 is 2.05 bits per heavy atom. The number of benzene rings is 1. The number of nitrogens with two attached hydrogens (primary N) is 1. The number of hydrogen-bond acceptors (Lipinski definition) is 14. The number of carboxylic acids is 1. The summed E-state index contributed by atoms with van der Waals surface area (Å²) in [6.07, 6.45) is 0.311. The molecule has 0 spiro atoms. The molecule has 1 aromatic carbocycles. The highest BCUT2D eigenvalue weighted by molar-refractivity contribution is 7.84. The highest BCUT2D eigenvalue weighted by atomic mass is 32.2. The normalized spacial score (nSPS) is 19.1. The largest absolute Gasteiger partial charge is 0.504 e. The monoisotopic (exact) mass is 597 g/mol. The van der Waals surface area contributed by atoms with E-state index in [1.165, 1.54) is 12.3 Å². The van der Waals surface area contributed by atoms with Crippen LogP contribution < -0.4 is 32.4 Å². The molecule has 18 nitrogen and oxygen atoms in total. The van der Waals surface area contributed by atoms with Crippen LogP contribution in [0.5, 0.6) is 11.5 Å². The molecule has 0 radical (unpaired) electrons. The molecule has 2 atom stereocenters. The van der Waals surface area contributed by atoms with Crippen LogP contribution in [0.1, 0.15) is 12.6 Å². The number of β-lactam (4-membered cyclic amide) rings is 1. The molecule has 212 valence electrons. The van der Waals surface area contributed by atoms with Gasteiger partial charge in [0.1, 0.15) is 18.3 Å². The van der Waals surface area contributed by atoms with Gasteiger partial charge >= 0.3 is 16.3 Å². The van der Waals surface area contributed by atoms with Gasteiger partial charge in [-0.3, -0.25) is 23.8 Å². The van der Waals surface area contributed by atoms with Crippen molar-refractivity contribution in [1.82, 2.24) is 14.6 Å². The molecule has 3 heterocycles. The Morgan fingerprint density at radius 1 is 1.35 bits per heavy atom. The lowest BCUT2D eigenvalue weighted by molar-refractivity contribution is -0.144. The molecule has 2 unspecified atom stereocenters. The van der Waals surface area contributed by atoms with E-state index in [1.54, 1.807) is 0 Å². The standard InChI is InChI=1S/C20H19N7O11S2/c1-6-13(18(32)27(6)40(35,36)37)26-17(31)11(9-4-39-20(25-9)22-5-28)12-14-7(2-10(29)16(12)30)23-15(19(33)34)8(24-14)3-38-21/h2,4-6,13,23,29-30H,3,21H2,1H3,(H,26,31)(H,33,34)(H,22,25,28)(H,35,36,37). The van der Waals surface area contributed by atoms with Gasteiger partial charge in [-0.1, -0.05) is 0 Å². The number of nitrogens with zero attached hydrogens (tertiary/aromatic N) is 3. The van der Waals surface area contributed by atoms with Gasteiger partial charge in [-0.05, 0) is 6.92 Å². The number of carbonyl (C=O) groups is 4. The van der Waals surface area contributed by atoms with Crippen molar-refractivity contribution in [1.29, 1.82) is 0 Å². The number of fused-ring (bicyclic) bond motifs is 1. The van der Waals surface area contributed by atoms with Crippen molar-refractivity contribution in [2.45, 2.75) is 19.0 Å². The molecule has 1 fully saturated rings. The lowest BCUT2D eigenvalue weighted by atomic mass is 9.99. The van der Waals surface area contributed by atoms with Crippen LogP contribution in [-0.2, 0) is 34.3 Å². The van der Waals surface area contributed by atoms with Crippen molar-refractivity contribution in [3.63, 3.8) is 0 Å². The molecule has 0 saturated carbocycles. The van der Waals surface area contributed by atoms with Gasteiger partial charge in [0.15, 0.2) is 16.6 Å². The number of anilines is 2. The predicted octanol–water partition coefficient (Wildman–Crippen LogP) is -2.93. The second kappa shape index (κ2) is 10.5. The van der Waals surface area contributed by atoms with Gasteiger partial charge in [0.2, 0.25) is 6.41 Å². The minimum absolute atomic E-state index is 0.00907. The number of aromatic nitrogens is 1. The first-order valence-electron chi connectivity index (χ1n) is 10.8. The second-order valence-electron chi connectivity index (χ2n) is 8.17. The summed E-state index contributed by atoms with van der Waals surface area (Å²) in [7, 11) is -4.91. The van der Waals surface area contributed by atoms with Crippen LogP contribution in [0.15, 0.2) is 27.8 Å². The molecule has 2 aliphatic heterocycles. The highest BCUT2D eigenvalue weighted by Gasteiger charge is 2.51. The van der Waals surface area contributed by atoms with Gasteiger partial charge in [0.25, 0.3) is 11.8 Å². The van der Waals surface area contributed by atoms with E-state index in [-0.39, 0.29) is 31.9 Å². The fourth-order valence-electron chi connectivity index (χ4n) is 4.03. The van der Waals surface area contributed by atoms with Crippen molar-refractivity contribution in [2.24, 2.45) is 10.9 Å². The van der Waals surface area contributed by atoms with Gasteiger partial charge in [-0.15, -0.1) is 11.3 Å². The Kier molecular flexibility index (Phi) is 7.45. The maximum absolute atomic E-state index is 13.6. The number of thiazole rings is 1. The van der Waals surface area contributed by atoms with E-state index < -0.39 is 74.8 Å². The number of nitrogens with one attached hydrogen (secondary N) is 3. The summed E-state index contributed by atoms with van der Waals surface area (Å²) < 4.78 is 32.3. The first kappa shape index (κ1) is 28.4. The Balaban J connectivity index is 2.00. The number of phenols is 2. The van der Waals surface area contributed by atoms with Crippen LogP contribution in [0.25, 0.3) is 5.57 Å². The molecule has 0 aliphatic carbocycles. The number of phenolic OH excluding ortho intramolecular Hbond substituents is 2. The summed E-state index contributed by atoms with van der Waals surface area (Å²) in [5, 5.41) is 38.5. The minimum Gasteiger partial charge on any atom is -0.504 e. The number of aromatic hydroxyl groups is 2. The first-order valence-corrected chi connectivity index (χ1v) is 13.1. The van der Waals surface area contributed by atoms with E-state index >= 15 is 0 Å². The topological polar surface area (TPSA) is 283 Å². The Hall–Kier alpha value is -4.63. The molecule has 2 aromatic rings. The van der Waals surface area contributed by atoms with E-state index in [0.717, 1.165) is 17.4 Å². The Morgan fingerprint density at radius 3 is 2.62 bits per heavy atom. The maximum Gasteiger partial charge on any atom is 0.362 e. The van der Waals surface area contributed by atoms with Crippen molar-refractivity contribution < 1.29 is 52.3 Å². The molecule has 20 heteroatoms. The Labute approximate surface area is 226 Å². The van der Waals surface area contributed by atoms with Crippen LogP contribution in [0.4, 0.5) is 10.8 Å². The highest BCUT2D eigenvalue weighted by Crippen LogP contribution is 2.29. The molecule has 0 bridgehead atoms. The zero-order valence-electron chi connectivity index (χ0n) is 20.0. The number of carbonyl (C=O) groups excluding carboxylic acids is 3. The van der Waals surface area contributed by atoms with E-state index in [0.29, 0.717) is 6.41 Å². The van der Waals surface area contributed by atoms with Gasteiger partial charge in [0.05, 0.1) is 39.3 Å². The lowest BCUT2D eigenvalue weighted by Crippen LogP contribution is -2.70. The van der Waals surface area contributed by atoms with E-state index in [4.69, 9.17) is 5.90 Å². The van der Waals surface area contributed by atoms with E-state index in [9.17, 15) is 47.5 Å². The third-order valence-electron chi connectivity index (χ3n) is 5.77. The average molecular weight is 598 g/mol. The summed E-state index contributed by atoms with van der Waals surface area (Å²) in [5.74, 6) is -0.358. The molecule has 2 aliphatic rings. The summed E-state index contributed by atoms with van der Waals surface area (Å²) in [5.41, 5.74) is -1.61. The lowest BCUT2D eigenvalue weighted by Gasteiger charge is -2.42. The second-order valence-corrected chi connectivity index (χ2v) is 10.3. The van der Waals surface area contributed by atoms with Gasteiger partial charge in [-0.2, -0.15) is 8.42 Å². The summed E-state index contributed by atoms with van der Waals surface area (Å²) in [6, 6.07) is -1.71. The molecule has 4 rings (SSSR count). The number of hydrogen-bond donors (Lipinski definition) is 8. The fourth-order valence-corrected chi connectivity index (χ4v) is 5.58. The summed E-state index contributed by atoms with van der Waals surface area (Å²) >= 11 is 0.863. The zero-order chi connectivity index (χ0) is 29.5. The third kappa shape index (κ3) is 4.91. The molecule has 3 amide bonds. The molecule has 1 saturated heterocycles.